The van der Waals surface area contributed by atoms with E-state index in [1.165, 1.54) is 47.6 Å². The zero-order chi connectivity index (χ0) is 104. The number of rotatable bonds is 11. The number of nitrogens with zero attached hydrogens (tertiary/aromatic N) is 6. The normalized spacial score (nSPS) is 36.2. The van der Waals surface area contributed by atoms with E-state index in [1.807, 2.05) is 43.3 Å². The summed E-state index contributed by atoms with van der Waals surface area (Å²) in [7, 11) is 4.41. The lowest BCUT2D eigenvalue weighted by molar-refractivity contribution is -0.177. The number of aliphatic hydroxyl groups is 11. The van der Waals surface area contributed by atoms with Gasteiger partial charge in [0.05, 0.1) is 85.6 Å². The van der Waals surface area contributed by atoms with E-state index >= 15 is 0 Å². The molecule has 0 aromatic heterocycles. The summed E-state index contributed by atoms with van der Waals surface area (Å²) in [5.74, 6) is 8.24. The molecule has 6 aromatic rings. The first-order valence-electron chi connectivity index (χ1n) is 54.5. The van der Waals surface area contributed by atoms with Crippen LogP contribution in [0.3, 0.4) is 0 Å². The van der Waals surface area contributed by atoms with Crippen LogP contribution in [0.2, 0.25) is 0 Å². The number of fused-ring (bicyclic) bond motifs is 17. The van der Waals surface area contributed by atoms with Crippen molar-refractivity contribution in [2.45, 2.75) is 331 Å². The summed E-state index contributed by atoms with van der Waals surface area (Å²) in [6.07, 6.45) is 15.3. The van der Waals surface area contributed by atoms with E-state index in [-0.39, 0.29) is 98.8 Å². The monoisotopic (exact) mass is 2070 g/mol. The Labute approximate surface area is 874 Å². The van der Waals surface area contributed by atoms with Gasteiger partial charge >= 0.3 is 11.9 Å². The highest BCUT2D eigenvalue weighted by atomic mass is 16.7. The lowest BCUT2D eigenvalue weighted by Crippen LogP contribution is -2.60. The van der Waals surface area contributed by atoms with Crippen LogP contribution in [0.5, 0.6) is 69.0 Å². The van der Waals surface area contributed by atoms with Crippen molar-refractivity contribution in [2.24, 2.45) is 17.8 Å². The Balaban J connectivity index is 0.0000000972. The van der Waals surface area contributed by atoms with Gasteiger partial charge in [0.25, 0.3) is 0 Å². The number of carbonyl (C=O) groups excluding carboxylic acids is 2. The van der Waals surface area contributed by atoms with Crippen LogP contribution in [0.25, 0.3) is 0 Å². The van der Waals surface area contributed by atoms with Crippen LogP contribution in [0.4, 0.5) is 0 Å². The van der Waals surface area contributed by atoms with Crippen molar-refractivity contribution < 1.29 is 137 Å². The Morgan fingerprint density at radius 1 is 0.487 bits per heavy atom. The fourth-order valence-corrected chi connectivity index (χ4v) is 31.8. The number of esters is 2. The maximum atomic E-state index is 13.8. The van der Waals surface area contributed by atoms with E-state index in [4.69, 9.17) is 66.3 Å². The SMILES string of the molecule is CCC1=C[C@]23CCCN2CCc2cc4c(cc2[C@@H]3[C@@H]1OC(=O)[C@@](O)(CCCC(C)(C)O)CC(=O)OC)OCO4.COC1=CC23CCCN2CCc2cc4c(cc2[C@H]3[C@]1(C)O)OCO4.COc1cc2c(cc1O)[C@H]1[C@H]3C(=C[C@H](O)[C@]1(C)O)CCN3C2.C[C@@]1(O)C[C@H]2CCN3Cc4cc5c(cc4[C@@H]([C@@H]23)[C@@H]1O)OCO5.C[C@@]1(O)[C@@H]2c3cc4c(cc3CN3CCC(C[C@@H]1O)[C@H]23)OCO4.OC1CC2CCN3Cc4cc5c(cc4C(C1O)C23)OCO5. The number of methoxy groups -OCH3 is 3. The maximum absolute atomic E-state index is 13.8. The number of hydrogen-bond acceptors (Lipinski definition) is 34. The van der Waals surface area contributed by atoms with E-state index in [0.29, 0.717) is 85.2 Å². The Kier molecular flexibility index (Phi) is 25.9. The highest BCUT2D eigenvalue weighted by Gasteiger charge is 2.66. The van der Waals surface area contributed by atoms with Gasteiger partial charge in [-0.3, -0.25) is 34.2 Å². The molecule has 7 unspecified atom stereocenters. The van der Waals surface area contributed by atoms with Crippen LogP contribution in [-0.4, -0.2) is 316 Å². The molecule has 0 amide bonds. The number of hydrogen-bond donors (Lipinski definition) is 12. The first kappa shape index (κ1) is 102. The van der Waals surface area contributed by atoms with E-state index in [0.717, 1.165) is 245 Å². The highest BCUT2D eigenvalue weighted by molar-refractivity contribution is 5.86. The van der Waals surface area contributed by atoms with Crippen molar-refractivity contribution in [2.75, 3.05) is 108 Å². The minimum atomic E-state index is -2.06. The third-order valence-corrected chi connectivity index (χ3v) is 38.8. The largest absolute Gasteiger partial charge is 0.504 e. The molecule has 0 radical (unpaired) electrons. The number of aliphatic hydroxyl groups excluding tert-OH is 5. The zero-order valence-corrected chi connectivity index (χ0v) is 87.5. The van der Waals surface area contributed by atoms with Crippen LogP contribution >= 0.6 is 0 Å². The van der Waals surface area contributed by atoms with Crippen molar-refractivity contribution in [1.29, 1.82) is 0 Å². The average molecular weight is 2070 g/mol. The molecule has 34 heteroatoms. The van der Waals surface area contributed by atoms with Crippen LogP contribution in [0.15, 0.2) is 108 Å². The number of phenols is 1. The number of aromatic hydroxyl groups is 1. The van der Waals surface area contributed by atoms with Crippen LogP contribution in [-0.2, 0) is 62.8 Å². The van der Waals surface area contributed by atoms with Gasteiger partial charge in [-0.15, -0.1) is 0 Å². The first-order valence-corrected chi connectivity index (χ1v) is 54.5. The fourth-order valence-electron chi connectivity index (χ4n) is 31.8. The summed E-state index contributed by atoms with van der Waals surface area (Å²) in [5.41, 5.74) is 7.94. The van der Waals surface area contributed by atoms with Gasteiger partial charge in [0.15, 0.2) is 74.6 Å². The predicted octanol–water partition coefficient (Wildman–Crippen LogP) is 9.96. The van der Waals surface area contributed by atoms with Gasteiger partial charge in [0.1, 0.15) is 23.6 Å². The van der Waals surface area contributed by atoms with Gasteiger partial charge in [-0.25, -0.2) is 4.79 Å². The molecule has 17 aliphatic heterocycles. The molecule has 12 N–H and O–H groups in total. The topological polar surface area (TPSA) is 426 Å². The standard InChI is InChI=1S/C30H41NO8.C19H23NO4.3C17H21NO4.C16H19NO4/c1-5-19-16-29-10-7-12-31(29)13-8-20-14-22-23(38-18-37-22)15-21(20)25(29)26(19)39-27(33)30(35,17-24(32)36-4)11-6-9-28(2,3)34;1-18(21)16(22-2)10-19-5-3-6-20(19)7-4-12-8-14-15(24-11-23-14)9-13(12)17(18)19;1-17(20)6-9-2-3-18-7-10-4-12-13(22-8-21-12)5-11(10)14(15(9)18)16(17)19;1-17(20)14(19)5-9-2-3-18-7-10-4-12-13(22-8-21-12)6-11(10)15(17)16(9)18;1-17(21)14(20)6-9-3-4-18-8-10-5-13(22-2)12(19)7-11(10)15(17)16(9)18;18-11-3-8-1-2-17-6-9-4-12-13(21-7-20-12)5-10(9)14(15(8)17)16(11)19/h14-16,25-26,34-35H,5-13,17-18H2,1-4H3;8-10,17,21H,3-7,11H2,1-2H3;4-5,9,14-16,19-20H,2-3,6-8H2,1H3;4,6,9,14-16,19-20H,2-3,5,7-8H2,1H3;5-7,14-16,19-21H,3-4,8H2,1-2H3;4-5,8,11,14-16,18-19H,1-3,6-7H2/t25-,26-,29+,30-;17-,18+,19?;9-,14+,15-,16+,17-;9?,14-,15+,16+,17-;14-,15-,16+,17-;/m10100./s1. The number of phenolic OH excluding ortho intramolecular Hbond substituents is 1. The molecule has 17 heterocycles. The zero-order valence-electron chi connectivity index (χ0n) is 87.5. The van der Waals surface area contributed by atoms with Crippen molar-refractivity contribution in [3.8, 4) is 69.0 Å². The molecule has 26 atom stereocenters. The van der Waals surface area contributed by atoms with E-state index in [1.54, 1.807) is 47.8 Å². The molecule has 34 nitrogen and oxygen atoms in total. The second-order valence-electron chi connectivity index (χ2n) is 47.9. The van der Waals surface area contributed by atoms with Crippen molar-refractivity contribution in [3.05, 3.63) is 175 Å². The van der Waals surface area contributed by atoms with Crippen LogP contribution < -0.4 is 52.1 Å². The van der Waals surface area contributed by atoms with Crippen LogP contribution in [0.1, 0.15) is 253 Å². The minimum absolute atomic E-state index is 0.0144. The van der Waals surface area contributed by atoms with E-state index in [9.17, 15) is 70.9 Å². The smallest absolute Gasteiger partial charge is 0.339 e. The molecule has 6 aromatic carbocycles. The Bertz CT molecular complexity index is 6370. The molecule has 2 spiro atoms. The van der Waals surface area contributed by atoms with Crippen molar-refractivity contribution >= 4 is 11.9 Å². The molecule has 6 aliphatic carbocycles. The Morgan fingerprint density at radius 3 is 1.53 bits per heavy atom. The summed E-state index contributed by atoms with van der Waals surface area (Å²) in [4.78, 5) is 40.9. The maximum Gasteiger partial charge on any atom is 0.339 e. The molecular formula is C116H146N6O28. The molecule has 9 fully saturated rings. The molecular weight excluding hydrogens is 1930 g/mol. The first-order chi connectivity index (χ1) is 71.8. The average Bonchev–Trinajstić information content (AvgIpc) is 1.53. The number of benzene rings is 6. The summed E-state index contributed by atoms with van der Waals surface area (Å²) >= 11 is 0. The van der Waals surface area contributed by atoms with Gasteiger partial charge in [-0.05, 0) is 352 Å². The summed E-state index contributed by atoms with van der Waals surface area (Å²) in [6, 6.07) is 25.2. The third-order valence-electron chi connectivity index (χ3n) is 38.8. The number of ether oxygens (including phenoxy) is 14. The van der Waals surface area contributed by atoms with Gasteiger partial charge in [-0.1, -0.05) is 24.6 Å². The third kappa shape index (κ3) is 16.9. The molecule has 6 saturated heterocycles. The summed E-state index contributed by atoms with van der Waals surface area (Å²) < 4.78 is 77.5. The molecule has 3 saturated carbocycles. The van der Waals surface area contributed by atoms with Crippen molar-refractivity contribution in [1.82, 2.24) is 29.4 Å². The van der Waals surface area contributed by atoms with Crippen LogP contribution in [0, 0.1) is 17.8 Å². The highest BCUT2D eigenvalue weighted by Crippen LogP contribution is 2.64. The Hall–Kier alpha value is -9.80. The molecule has 808 valence electrons. The van der Waals surface area contributed by atoms with Gasteiger partial charge in [0.2, 0.25) is 34.0 Å². The van der Waals surface area contributed by atoms with Gasteiger partial charge < -0.3 is 128 Å². The van der Waals surface area contributed by atoms with Crippen molar-refractivity contribution in [3.63, 3.8) is 0 Å². The van der Waals surface area contributed by atoms with Gasteiger partial charge in [-0.2, -0.15) is 0 Å². The molecule has 23 aliphatic rings. The lowest BCUT2D eigenvalue weighted by atomic mass is 9.62. The molecule has 150 heavy (non-hydrogen) atoms. The Morgan fingerprint density at radius 2 is 0.967 bits per heavy atom. The minimum Gasteiger partial charge on any atom is -0.504 e. The molecule has 29 rings (SSSR count). The summed E-state index contributed by atoms with van der Waals surface area (Å²) in [6.45, 7) is 25.3. The fraction of sp³-hybridized carbons (Fsp3) is 0.621. The second-order valence-corrected chi connectivity index (χ2v) is 47.9. The van der Waals surface area contributed by atoms with Gasteiger partial charge in [0, 0.05) is 105 Å². The van der Waals surface area contributed by atoms with E-state index in [2.05, 4.69) is 84.9 Å². The van der Waals surface area contributed by atoms with E-state index < -0.39 is 88.6 Å². The quantitative estimate of drug-likeness (QED) is 0.0424. The lowest BCUT2D eigenvalue weighted by Gasteiger charge is -2.52. The predicted molar refractivity (Wildman–Crippen MR) is 544 cm³/mol. The number of carbonyl (C=O) groups is 2. The second kappa shape index (κ2) is 38.1. The molecule has 0 bridgehead atoms. The summed E-state index contributed by atoms with van der Waals surface area (Å²) in [5, 5.41) is 128.